The third kappa shape index (κ3) is 19.9. The minimum Gasteiger partial charge on any atom is -0.343 e. The van der Waals surface area contributed by atoms with Crippen molar-refractivity contribution >= 4 is 70.9 Å². The zero-order valence-corrected chi connectivity index (χ0v) is 60.2. The van der Waals surface area contributed by atoms with E-state index in [0.29, 0.717) is 90.1 Å². The predicted molar refractivity (Wildman–Crippen MR) is 360 cm³/mol. The number of carbonyl (C=O) groups is 12. The van der Waals surface area contributed by atoms with Gasteiger partial charge in [0.05, 0.1) is 32.0 Å². The summed E-state index contributed by atoms with van der Waals surface area (Å²) in [4.78, 5) is 189. The van der Waals surface area contributed by atoms with Gasteiger partial charge in [-0.2, -0.15) is 13.2 Å². The monoisotopic (exact) mass is 1380 g/mol. The van der Waals surface area contributed by atoms with Crippen LogP contribution in [0.1, 0.15) is 207 Å². The summed E-state index contributed by atoms with van der Waals surface area (Å²) < 4.78 is 41.1. The molecular formula is C71H115F3N12O12. The van der Waals surface area contributed by atoms with E-state index in [1.165, 1.54) is 78.6 Å². The van der Waals surface area contributed by atoms with Crippen molar-refractivity contribution in [3.63, 3.8) is 0 Å². The van der Waals surface area contributed by atoms with Crippen LogP contribution in [0.5, 0.6) is 0 Å². The Labute approximate surface area is 578 Å². The molecule has 0 aromatic rings. The molecule has 0 aromatic carbocycles. The first-order valence-electron chi connectivity index (χ1n) is 36.8. The maximum absolute atomic E-state index is 15.7. The molecule has 3 saturated heterocycles. The van der Waals surface area contributed by atoms with E-state index in [2.05, 4.69) is 16.0 Å². The van der Waals surface area contributed by atoms with E-state index in [4.69, 9.17) is 0 Å². The van der Waals surface area contributed by atoms with Crippen LogP contribution in [0.4, 0.5) is 13.2 Å². The Morgan fingerprint density at radius 1 is 0.561 bits per heavy atom. The summed E-state index contributed by atoms with van der Waals surface area (Å²) in [6.45, 7) is 4.42. The lowest BCUT2D eigenvalue weighted by atomic mass is 9.79. The van der Waals surface area contributed by atoms with Gasteiger partial charge in [0.15, 0.2) is 0 Å². The van der Waals surface area contributed by atoms with E-state index in [9.17, 15) is 51.5 Å². The number of carbonyl (C=O) groups excluding carboxylic acids is 12. The Balaban J connectivity index is 1.24. The molecule has 12 amide bonds. The number of hydrogen-bond acceptors (Lipinski definition) is 12. The van der Waals surface area contributed by atoms with E-state index >= 15 is 19.2 Å². The minimum absolute atomic E-state index is 0.00839. The smallest absolute Gasteiger partial charge is 0.343 e. The second kappa shape index (κ2) is 35.7. The number of likely N-dealkylation sites (N-methyl/N-ethyl adjacent to an activating group) is 7. The summed E-state index contributed by atoms with van der Waals surface area (Å²) in [6.07, 6.45) is 9.89. The molecule has 7 aliphatic rings. The molecule has 1 spiro atoms. The highest BCUT2D eigenvalue weighted by molar-refractivity contribution is 6.00. The Morgan fingerprint density at radius 2 is 1.15 bits per heavy atom. The number of nitrogens with one attached hydrogen (secondary N) is 3. The first-order valence-corrected chi connectivity index (χ1v) is 36.8. The second-order valence-corrected chi connectivity index (χ2v) is 30.0. The molecule has 4 aliphatic carbocycles. The van der Waals surface area contributed by atoms with Crippen LogP contribution in [0.3, 0.4) is 0 Å². The molecule has 3 N–H and O–H groups in total. The van der Waals surface area contributed by atoms with E-state index in [1.807, 2.05) is 6.92 Å². The largest absolute Gasteiger partial charge is 0.391 e. The zero-order chi connectivity index (χ0) is 71.9. The van der Waals surface area contributed by atoms with Gasteiger partial charge in [-0.05, 0) is 127 Å². The van der Waals surface area contributed by atoms with Crippen LogP contribution in [0.25, 0.3) is 0 Å². The minimum atomic E-state index is -4.29. The molecule has 7 rings (SSSR count). The first-order chi connectivity index (χ1) is 46.4. The summed E-state index contributed by atoms with van der Waals surface area (Å²) in [6, 6.07) is -8.32. The van der Waals surface area contributed by atoms with Crippen LogP contribution >= 0.6 is 0 Å². The van der Waals surface area contributed by atoms with Gasteiger partial charge in [-0.1, -0.05) is 97.3 Å². The van der Waals surface area contributed by atoms with Crippen LogP contribution in [0.15, 0.2) is 0 Å². The molecule has 8 atom stereocenters. The Bertz CT molecular complexity index is 2820. The van der Waals surface area contributed by atoms with Crippen LogP contribution in [0, 0.1) is 29.6 Å². The standard InChI is InChI=1S/C71H115F3N12O12/c1-11-46(2)60-67(96)80(6)44-58(89)78(4)45-59(90)82(8)54(41-49-25-15-12-16-26-49)65(94)79(5)43-56(87)75-52(30-23-27-48-32-34-51(35-33-48)71(72,73)74)64(93)86-40-24-31-53(86)63(92)77-70(36-19-20-37-70)69(98)84(10)61(50-28-17-13-18-29-50)68(97)83(9)55(66(95)85-38-21-14-22-39-85)42-57(88)81(7)47(3)62(91)76-60/h46-55,60-61H,11-45H2,1-10H3,(H,75,87)(H,76,91)(H,77,92)/t46-,47-,48?,51?,52-,53-,54-,55-,60-,61-/m0/s1. The van der Waals surface area contributed by atoms with Crippen LogP contribution in [-0.2, 0) is 57.5 Å². The fraction of sp³-hybridized carbons (Fsp3) is 0.831. The van der Waals surface area contributed by atoms with Gasteiger partial charge in [-0.15, -0.1) is 0 Å². The van der Waals surface area contributed by atoms with Gasteiger partial charge in [0.1, 0.15) is 47.8 Å². The topological polar surface area (TPSA) is 270 Å². The van der Waals surface area contributed by atoms with Gasteiger partial charge in [0.2, 0.25) is 70.9 Å². The van der Waals surface area contributed by atoms with Gasteiger partial charge in [-0.25, -0.2) is 0 Å². The van der Waals surface area contributed by atoms with Crippen molar-refractivity contribution in [2.24, 2.45) is 29.6 Å². The molecule has 24 nitrogen and oxygen atoms in total. The van der Waals surface area contributed by atoms with Crippen molar-refractivity contribution in [1.29, 1.82) is 0 Å². The first kappa shape index (κ1) is 78.8. The molecular weight excluding hydrogens is 1270 g/mol. The van der Waals surface area contributed by atoms with E-state index in [1.54, 1.807) is 18.9 Å². The van der Waals surface area contributed by atoms with Crippen LogP contribution in [0.2, 0.25) is 0 Å². The van der Waals surface area contributed by atoms with Crippen molar-refractivity contribution in [2.75, 3.05) is 88.6 Å². The number of rotatable bonds is 10. The summed E-state index contributed by atoms with van der Waals surface area (Å²) in [5, 5.41) is 8.82. The second-order valence-electron chi connectivity index (χ2n) is 30.0. The summed E-state index contributed by atoms with van der Waals surface area (Å²) in [5.74, 6) is -9.46. The number of amides is 12. The van der Waals surface area contributed by atoms with Crippen molar-refractivity contribution in [2.45, 2.75) is 261 Å². The van der Waals surface area contributed by atoms with Crippen LogP contribution in [-0.4, -0.2) is 258 Å². The molecule has 0 bridgehead atoms. The zero-order valence-electron chi connectivity index (χ0n) is 60.2. The number of alkyl halides is 3. The molecule has 4 saturated carbocycles. The lowest BCUT2D eigenvalue weighted by Crippen LogP contribution is -2.65. The number of nitrogens with zero attached hydrogens (tertiary/aromatic N) is 9. The van der Waals surface area contributed by atoms with Crippen molar-refractivity contribution in [1.82, 2.24) is 60.0 Å². The molecule has 0 radical (unpaired) electrons. The number of likely N-dealkylation sites (tertiary alicyclic amines) is 1. The predicted octanol–water partition coefficient (Wildman–Crippen LogP) is 5.63. The van der Waals surface area contributed by atoms with E-state index < -0.39 is 163 Å². The lowest BCUT2D eigenvalue weighted by Gasteiger charge is -2.43. The highest BCUT2D eigenvalue weighted by Crippen LogP contribution is 2.42. The summed E-state index contributed by atoms with van der Waals surface area (Å²) in [7, 11) is 10.1. The molecule has 3 heterocycles. The van der Waals surface area contributed by atoms with Gasteiger partial charge >= 0.3 is 6.18 Å². The molecule has 3 aliphatic heterocycles. The van der Waals surface area contributed by atoms with Gasteiger partial charge in [-0.3, -0.25) is 57.5 Å². The molecule has 0 unspecified atom stereocenters. The quantitative estimate of drug-likeness (QED) is 0.240. The summed E-state index contributed by atoms with van der Waals surface area (Å²) >= 11 is 0. The molecule has 7 fully saturated rings. The van der Waals surface area contributed by atoms with Crippen molar-refractivity contribution in [3.05, 3.63) is 0 Å². The molecule has 552 valence electrons. The third-order valence-electron chi connectivity index (χ3n) is 23.2. The van der Waals surface area contributed by atoms with Crippen molar-refractivity contribution < 1.29 is 70.7 Å². The molecule has 98 heavy (non-hydrogen) atoms. The van der Waals surface area contributed by atoms with E-state index in [-0.39, 0.29) is 69.2 Å². The average Bonchev–Trinajstić information content (AvgIpc) is 1.39. The van der Waals surface area contributed by atoms with Gasteiger partial charge in [0.25, 0.3) is 0 Å². The summed E-state index contributed by atoms with van der Waals surface area (Å²) in [5.41, 5.74) is -1.52. The normalized spacial score (nSPS) is 29.7. The highest BCUT2D eigenvalue weighted by Gasteiger charge is 2.52. The number of fused-ring (bicyclic) bond motifs is 1. The van der Waals surface area contributed by atoms with Crippen LogP contribution < -0.4 is 16.0 Å². The Kier molecular flexibility index (Phi) is 28.7. The van der Waals surface area contributed by atoms with Gasteiger partial charge < -0.3 is 60.0 Å². The van der Waals surface area contributed by atoms with E-state index in [0.717, 1.165) is 67.6 Å². The fourth-order valence-electron chi connectivity index (χ4n) is 16.3. The third-order valence-corrected chi connectivity index (χ3v) is 23.2. The highest BCUT2D eigenvalue weighted by atomic mass is 19.4. The number of halogens is 3. The Morgan fingerprint density at radius 3 is 1.77 bits per heavy atom. The number of hydrogen-bond donors (Lipinski definition) is 3. The Hall–Kier alpha value is -6.57. The number of piperidine rings is 1. The fourth-order valence-corrected chi connectivity index (χ4v) is 16.3. The average molecular weight is 1390 g/mol. The maximum atomic E-state index is 15.7. The lowest BCUT2D eigenvalue weighted by molar-refractivity contribution is -0.184. The molecule has 27 heteroatoms. The van der Waals surface area contributed by atoms with Crippen molar-refractivity contribution in [3.8, 4) is 0 Å². The molecule has 0 aromatic heterocycles. The van der Waals surface area contributed by atoms with Gasteiger partial charge in [0, 0.05) is 69.0 Å². The maximum Gasteiger partial charge on any atom is 0.391 e. The SMILES string of the molecule is CC[C@H](C)[C@@H]1NC(=O)[C@H](C)N(C)C(=O)C[C@@H](C(=O)N2CCCCC2)N(C)C(=O)[C@H](C2CCCCC2)N(C)C(=O)C2(CCCC2)NC(=O)[C@@H]2CCCN2C(=O)[C@H](CCCC2CCC(C(F)(F)F)CC2)NC(=O)CN(C)C(=O)[C@H](CC2CCCCC2)N(C)C(=O)CN(C)C(=O)CN(C)C1=O.